The number of anilines is 2. The number of carbonyl (C=O) groups excluding carboxylic acids is 2. The molecule has 0 fully saturated rings. The first kappa shape index (κ1) is 24.0. The molecule has 0 radical (unpaired) electrons. The standard InChI is InChI=1S/C22H20F5N7O2/c1-20-4-3-12(35)29-16-14(20)17(30-13(36)8-20)32-18(31-16)15-11-7-10(23)9-28-19(11)34(33-15)6-5-21(2,24)22(25,26)27/h7,9H,3-6,8H2,1-2H3,(H2,29,30,31,32,35,36). The van der Waals surface area contributed by atoms with E-state index in [1.165, 1.54) is 0 Å². The van der Waals surface area contributed by atoms with Crippen LogP contribution in [0.25, 0.3) is 22.6 Å². The van der Waals surface area contributed by atoms with Crippen LogP contribution in [0.4, 0.5) is 33.6 Å². The Bertz CT molecular complexity index is 1420. The number of nitrogens with zero attached hydrogens (tertiary/aromatic N) is 5. The van der Waals surface area contributed by atoms with E-state index in [0.717, 1.165) is 16.9 Å². The highest BCUT2D eigenvalue weighted by atomic mass is 19.4. The molecule has 0 bridgehead atoms. The molecule has 0 aliphatic carbocycles. The summed E-state index contributed by atoms with van der Waals surface area (Å²) in [5.74, 6) is -1.20. The van der Waals surface area contributed by atoms with Gasteiger partial charge in [0, 0.05) is 36.8 Å². The van der Waals surface area contributed by atoms with Gasteiger partial charge in [0.25, 0.3) is 0 Å². The Morgan fingerprint density at radius 3 is 2.44 bits per heavy atom. The van der Waals surface area contributed by atoms with Gasteiger partial charge >= 0.3 is 6.18 Å². The van der Waals surface area contributed by atoms with Gasteiger partial charge in [0.2, 0.25) is 17.5 Å². The molecule has 0 saturated heterocycles. The van der Waals surface area contributed by atoms with Gasteiger partial charge in [-0.3, -0.25) is 9.59 Å². The van der Waals surface area contributed by atoms with E-state index in [4.69, 9.17) is 0 Å². The molecule has 5 rings (SSSR count). The van der Waals surface area contributed by atoms with Crippen LogP contribution in [0.5, 0.6) is 0 Å². The Labute approximate surface area is 200 Å². The van der Waals surface area contributed by atoms with Crippen molar-refractivity contribution >= 4 is 34.5 Å². The van der Waals surface area contributed by atoms with Crippen LogP contribution in [-0.4, -0.2) is 48.4 Å². The predicted molar refractivity (Wildman–Crippen MR) is 117 cm³/mol. The monoisotopic (exact) mass is 509 g/mol. The molecule has 190 valence electrons. The topological polar surface area (TPSA) is 115 Å². The summed E-state index contributed by atoms with van der Waals surface area (Å²) in [5, 5.41) is 9.66. The minimum absolute atomic E-state index is 0.00512. The maximum atomic E-state index is 14.2. The van der Waals surface area contributed by atoms with Crippen LogP contribution in [0.15, 0.2) is 12.3 Å². The fourth-order valence-corrected chi connectivity index (χ4v) is 4.55. The van der Waals surface area contributed by atoms with E-state index >= 15 is 0 Å². The number of aromatic nitrogens is 5. The van der Waals surface area contributed by atoms with E-state index < -0.39 is 36.0 Å². The Kier molecular flexibility index (Phi) is 5.27. The maximum Gasteiger partial charge on any atom is 0.422 e. The zero-order valence-corrected chi connectivity index (χ0v) is 19.1. The smallest absolute Gasteiger partial charge is 0.310 e. The predicted octanol–water partition coefficient (Wildman–Crippen LogP) is 4.04. The minimum Gasteiger partial charge on any atom is -0.310 e. The normalized spacial score (nSPS) is 21.4. The fraction of sp³-hybridized carbons (Fsp3) is 0.455. The van der Waals surface area contributed by atoms with Crippen LogP contribution in [0.3, 0.4) is 0 Å². The third-order valence-corrected chi connectivity index (χ3v) is 6.63. The summed E-state index contributed by atoms with van der Waals surface area (Å²) >= 11 is 0. The summed E-state index contributed by atoms with van der Waals surface area (Å²) in [6.45, 7) is 1.73. The number of hydrogen-bond donors (Lipinski definition) is 2. The summed E-state index contributed by atoms with van der Waals surface area (Å²) in [6.07, 6.45) is -4.53. The van der Waals surface area contributed by atoms with Crippen molar-refractivity contribution in [3.63, 3.8) is 0 Å². The number of halogens is 5. The molecule has 2 aliphatic heterocycles. The summed E-state index contributed by atoms with van der Waals surface area (Å²) in [5.41, 5.74) is -3.71. The Morgan fingerprint density at radius 2 is 1.78 bits per heavy atom. The SMILES string of the molecule is CC12CCC(=O)Nc3nc(-c4nn(CCC(C)(F)C(F)(F)F)c5ncc(F)cc45)nc(c31)NC(=O)C2. The summed E-state index contributed by atoms with van der Waals surface area (Å²) in [6, 6.07) is 1.06. The molecule has 36 heavy (non-hydrogen) atoms. The molecule has 2 N–H and O–H groups in total. The van der Waals surface area contributed by atoms with Crippen LogP contribution < -0.4 is 10.6 Å². The van der Waals surface area contributed by atoms with E-state index in [1.807, 2.05) is 6.92 Å². The summed E-state index contributed by atoms with van der Waals surface area (Å²) < 4.78 is 68.4. The Hall–Kier alpha value is -3.71. The molecule has 14 heteroatoms. The number of amides is 2. The van der Waals surface area contributed by atoms with Crippen molar-refractivity contribution in [3.8, 4) is 11.5 Å². The number of fused-ring (bicyclic) bond motifs is 1. The molecule has 0 saturated carbocycles. The van der Waals surface area contributed by atoms with E-state index in [-0.39, 0.29) is 58.8 Å². The highest BCUT2D eigenvalue weighted by Crippen LogP contribution is 2.46. The third kappa shape index (κ3) is 3.93. The number of carbonyl (C=O) groups is 2. The second-order valence-corrected chi connectivity index (χ2v) is 9.49. The number of pyridine rings is 1. The average Bonchev–Trinajstić information content (AvgIpc) is 3.06. The first-order chi connectivity index (χ1) is 16.8. The lowest BCUT2D eigenvalue weighted by Gasteiger charge is -2.34. The Morgan fingerprint density at radius 1 is 1.11 bits per heavy atom. The molecule has 2 aliphatic rings. The molecular formula is C22H20F5N7O2. The van der Waals surface area contributed by atoms with Gasteiger partial charge in [-0.1, -0.05) is 6.92 Å². The zero-order chi connectivity index (χ0) is 26.0. The van der Waals surface area contributed by atoms with Crippen molar-refractivity contribution in [2.75, 3.05) is 10.6 Å². The lowest BCUT2D eigenvalue weighted by molar-refractivity contribution is -0.226. The van der Waals surface area contributed by atoms with E-state index in [0.29, 0.717) is 18.9 Å². The summed E-state index contributed by atoms with van der Waals surface area (Å²) in [7, 11) is 0. The lowest BCUT2D eigenvalue weighted by atomic mass is 9.74. The second kappa shape index (κ2) is 7.90. The van der Waals surface area contributed by atoms with Gasteiger partial charge in [0.1, 0.15) is 23.1 Å². The fourth-order valence-electron chi connectivity index (χ4n) is 4.55. The number of hydrogen-bond acceptors (Lipinski definition) is 6. The van der Waals surface area contributed by atoms with Gasteiger partial charge in [0.05, 0.1) is 11.6 Å². The van der Waals surface area contributed by atoms with Crippen molar-refractivity contribution in [1.29, 1.82) is 0 Å². The van der Waals surface area contributed by atoms with Crippen LogP contribution in [-0.2, 0) is 21.5 Å². The zero-order valence-electron chi connectivity index (χ0n) is 19.1. The lowest BCUT2D eigenvalue weighted by Crippen LogP contribution is -2.38. The van der Waals surface area contributed by atoms with Gasteiger partial charge < -0.3 is 10.6 Å². The van der Waals surface area contributed by atoms with Gasteiger partial charge in [-0.25, -0.2) is 28.4 Å². The van der Waals surface area contributed by atoms with Crippen molar-refractivity contribution < 1.29 is 31.5 Å². The average molecular weight is 509 g/mol. The molecule has 5 heterocycles. The van der Waals surface area contributed by atoms with Crippen molar-refractivity contribution in [3.05, 3.63) is 23.6 Å². The van der Waals surface area contributed by atoms with E-state index in [9.17, 15) is 31.5 Å². The highest BCUT2D eigenvalue weighted by Gasteiger charge is 2.51. The van der Waals surface area contributed by atoms with Crippen LogP contribution >= 0.6 is 0 Å². The molecule has 0 aromatic carbocycles. The maximum absolute atomic E-state index is 14.2. The van der Waals surface area contributed by atoms with Gasteiger partial charge in [-0.05, 0) is 19.4 Å². The molecule has 9 nitrogen and oxygen atoms in total. The highest BCUT2D eigenvalue weighted by molar-refractivity contribution is 6.00. The Balaban J connectivity index is 1.65. The van der Waals surface area contributed by atoms with Crippen LogP contribution in [0.2, 0.25) is 0 Å². The number of nitrogens with one attached hydrogen (secondary N) is 2. The number of alkyl halides is 4. The molecule has 3 aromatic heterocycles. The van der Waals surface area contributed by atoms with Crippen LogP contribution in [0, 0.1) is 5.82 Å². The van der Waals surface area contributed by atoms with E-state index in [2.05, 4.69) is 30.7 Å². The van der Waals surface area contributed by atoms with Crippen molar-refractivity contribution in [1.82, 2.24) is 24.7 Å². The molecule has 3 aromatic rings. The first-order valence-corrected chi connectivity index (χ1v) is 11.1. The molecule has 0 spiro atoms. The number of aryl methyl sites for hydroxylation is 1. The van der Waals surface area contributed by atoms with Gasteiger partial charge in [-0.15, -0.1) is 0 Å². The van der Waals surface area contributed by atoms with Gasteiger partial charge in [-0.2, -0.15) is 18.3 Å². The largest absolute Gasteiger partial charge is 0.422 e. The number of rotatable bonds is 4. The minimum atomic E-state index is -5.09. The molecule has 2 amide bonds. The quantitative estimate of drug-likeness (QED) is 0.513. The first-order valence-electron chi connectivity index (χ1n) is 11.1. The molecule has 2 unspecified atom stereocenters. The summed E-state index contributed by atoms with van der Waals surface area (Å²) in [4.78, 5) is 37.5. The van der Waals surface area contributed by atoms with Crippen molar-refractivity contribution in [2.45, 2.75) is 63.3 Å². The van der Waals surface area contributed by atoms with Gasteiger partial charge in [0.15, 0.2) is 11.5 Å². The third-order valence-electron chi connectivity index (χ3n) is 6.63. The molecular weight excluding hydrogens is 489 g/mol. The second-order valence-electron chi connectivity index (χ2n) is 9.49. The van der Waals surface area contributed by atoms with Crippen molar-refractivity contribution in [2.24, 2.45) is 0 Å². The van der Waals surface area contributed by atoms with E-state index in [1.54, 1.807) is 0 Å². The van der Waals surface area contributed by atoms with Crippen LogP contribution in [0.1, 0.15) is 45.1 Å². The molecule has 2 atom stereocenters.